The Balaban J connectivity index is 0.00000206. The molecule has 0 unspecified atom stereocenters. The maximum atomic E-state index is 7.17. The summed E-state index contributed by atoms with van der Waals surface area (Å²) in [4.78, 5) is 0. The van der Waals surface area contributed by atoms with Crippen molar-refractivity contribution in [3.63, 3.8) is 0 Å². The van der Waals surface area contributed by atoms with Gasteiger partial charge in [-0.3, -0.25) is 0 Å². The summed E-state index contributed by atoms with van der Waals surface area (Å²) in [6, 6.07) is 0. The molecule has 0 saturated carbocycles. The Morgan fingerprint density at radius 1 is 0.484 bits per heavy atom. The minimum Gasteiger partial charge on any atom is -0.402 e. The lowest BCUT2D eigenvalue weighted by Crippen LogP contribution is -2.75. The van der Waals surface area contributed by atoms with E-state index in [9.17, 15) is 0 Å². The Labute approximate surface area is 256 Å². The molecule has 31 heavy (non-hydrogen) atoms. The van der Waals surface area contributed by atoms with E-state index in [0.29, 0.717) is 0 Å². The summed E-state index contributed by atoms with van der Waals surface area (Å²) in [6.45, 7) is 0. The Kier molecular flexibility index (Phi) is 13.6. The van der Waals surface area contributed by atoms with E-state index in [1.165, 1.54) is 0 Å². The van der Waals surface area contributed by atoms with Crippen molar-refractivity contribution in [1.29, 1.82) is 0 Å². The second kappa shape index (κ2) is 12.1. The molecule has 0 atom stereocenters. The molecule has 21 heteroatoms. The number of hydrogen-bond acceptors (Lipinski definition) is 3. The molecule has 1 aromatic rings. The van der Waals surface area contributed by atoms with Crippen LogP contribution >= 0.6 is 186 Å². The van der Waals surface area contributed by atoms with E-state index < -0.39 is 43.6 Å². The van der Waals surface area contributed by atoms with E-state index in [0.717, 1.165) is 0 Å². The van der Waals surface area contributed by atoms with Crippen molar-refractivity contribution in [2.75, 3.05) is 0 Å². The van der Waals surface area contributed by atoms with Crippen LogP contribution in [0.25, 0.3) is 0 Å². The first-order valence-electron chi connectivity index (χ1n) is 6.44. The quantitative estimate of drug-likeness (QED) is 0.0704. The second-order valence-electron chi connectivity index (χ2n) is 4.91. The van der Waals surface area contributed by atoms with E-state index in [1.807, 2.05) is 0 Å². The molecule has 0 aliphatic rings. The minimum absolute atomic E-state index is 0.226. The Bertz CT molecular complexity index is 733. The van der Waals surface area contributed by atoms with Crippen LogP contribution in [0.5, 0.6) is 0 Å². The van der Waals surface area contributed by atoms with Crippen LogP contribution in [0.2, 0.25) is 25.1 Å². The van der Waals surface area contributed by atoms with Gasteiger partial charge in [-0.05, 0) is 128 Å². The number of hydrogen-bond donors (Lipinski definition) is 3. The molecule has 0 spiro atoms. The van der Waals surface area contributed by atoms with E-state index in [1.54, 1.807) is 0 Å². The SMILES string of the molecule is Clc1c(Cl)c(Cl)c(C(Cl)(Cl)[N+](C(Cl)(Cl)Cl)(C(Cl)(Cl)Cl)C(Cl)(Cl)Cl)c(Cl)c1Cl.OB(O)O. The number of quaternary nitrogens is 1. The zero-order valence-corrected chi connectivity index (χ0v) is 25.5. The van der Waals surface area contributed by atoms with Gasteiger partial charge in [-0.2, -0.15) is 4.48 Å². The number of nitrogens with zero attached hydrogens (tertiary/aromatic N) is 1. The summed E-state index contributed by atoms with van der Waals surface area (Å²) >= 11 is 97.6. The Hall–Kier alpha value is 3.76. The van der Waals surface area contributed by atoms with E-state index in [-0.39, 0.29) is 15.1 Å². The monoisotopic (exact) mass is 756 g/mol. The van der Waals surface area contributed by atoms with Crippen LogP contribution in [-0.2, 0) is 4.46 Å². The van der Waals surface area contributed by atoms with Gasteiger partial charge in [0, 0.05) is 0 Å². The third-order valence-electron chi connectivity index (χ3n) is 3.07. The van der Waals surface area contributed by atoms with E-state index in [4.69, 9.17) is 201 Å². The number of halogens is 16. The van der Waals surface area contributed by atoms with Crippen LogP contribution in [0.4, 0.5) is 0 Å². The minimum atomic E-state index is -2.80. The predicted octanol–water partition coefficient (Wildman–Crippen LogP) is 9.29. The topological polar surface area (TPSA) is 60.7 Å². The van der Waals surface area contributed by atoms with E-state index in [2.05, 4.69) is 0 Å². The summed E-state index contributed by atoms with van der Waals surface area (Å²) in [5, 5.41) is 19.8. The number of benzene rings is 1. The van der Waals surface area contributed by atoms with Crippen molar-refractivity contribution in [3.8, 4) is 0 Å². The fourth-order valence-electron chi connectivity index (χ4n) is 1.95. The lowest BCUT2D eigenvalue weighted by atomic mass is 10.2. The molecule has 0 aliphatic heterocycles. The van der Waals surface area contributed by atoms with E-state index >= 15 is 0 Å². The summed E-state index contributed by atoms with van der Waals surface area (Å²) in [6.07, 6.45) is 0. The van der Waals surface area contributed by atoms with Crippen LogP contribution in [0.3, 0.4) is 0 Å². The van der Waals surface area contributed by atoms with Crippen molar-refractivity contribution in [2.24, 2.45) is 0 Å². The van der Waals surface area contributed by atoms with Crippen molar-refractivity contribution in [3.05, 3.63) is 30.7 Å². The average molecular weight is 763 g/mol. The van der Waals surface area contributed by atoms with Gasteiger partial charge in [0.1, 0.15) is 0 Å². The molecule has 0 bridgehead atoms. The van der Waals surface area contributed by atoms with Crippen LogP contribution in [-0.4, -0.2) is 38.6 Å². The zero-order valence-electron chi connectivity index (χ0n) is 13.4. The van der Waals surface area contributed by atoms with Crippen LogP contribution in [0, 0.1) is 0 Å². The van der Waals surface area contributed by atoms with Gasteiger partial charge in [-0.1, -0.05) is 58.0 Å². The molecule has 1 aromatic carbocycles. The van der Waals surface area contributed by atoms with Gasteiger partial charge in [0.2, 0.25) is 0 Å². The lowest BCUT2D eigenvalue weighted by molar-refractivity contribution is -0.984. The molecule has 1 rings (SSSR count). The van der Waals surface area contributed by atoms with Crippen LogP contribution < -0.4 is 0 Å². The summed E-state index contributed by atoms with van der Waals surface area (Å²) in [7, 11) is -2.17. The largest absolute Gasteiger partial charge is 0.631 e. The van der Waals surface area contributed by atoms with Gasteiger partial charge < -0.3 is 15.1 Å². The highest BCUT2D eigenvalue weighted by molar-refractivity contribution is 6.73. The first kappa shape index (κ1) is 34.8. The Morgan fingerprint density at radius 3 is 0.871 bits per heavy atom. The van der Waals surface area contributed by atoms with Crippen molar-refractivity contribution < 1.29 is 19.6 Å². The maximum absolute atomic E-state index is 7.17. The molecule has 0 amide bonds. The number of rotatable bonds is 2. The Morgan fingerprint density at radius 2 is 0.677 bits per heavy atom. The predicted molar refractivity (Wildman–Crippen MR) is 138 cm³/mol. The van der Waals surface area contributed by atoms with Crippen molar-refractivity contribution in [2.45, 2.75) is 16.2 Å². The highest BCUT2D eigenvalue weighted by atomic mass is 35.6. The van der Waals surface area contributed by atoms with Gasteiger partial charge in [0.15, 0.2) is 0 Å². The molecular formula is C10H3BCl16NO3+. The van der Waals surface area contributed by atoms with Gasteiger partial charge in [-0.15, -0.1) is 0 Å². The zero-order chi connectivity index (χ0) is 25.5. The third kappa shape index (κ3) is 7.00. The standard InChI is InChI=1S/C10Cl16N.BH3O3/c11-2-1(3(12)5(14)6(15)4(2)13)7(16,17)27(8(18,19)20,9(21,22)23)10(24,25)26;2-1(3)4/h;2-4H/q+1;. The normalized spacial score (nSPS) is 13.6. The fourth-order valence-corrected chi connectivity index (χ4v) is 10.1. The maximum Gasteiger partial charge on any atom is 0.631 e. The lowest BCUT2D eigenvalue weighted by Gasteiger charge is -2.56. The van der Waals surface area contributed by atoms with Crippen LogP contribution in [0.15, 0.2) is 0 Å². The average Bonchev–Trinajstić information content (AvgIpc) is 2.45. The molecule has 4 nitrogen and oxygen atoms in total. The number of alkyl halides is 11. The molecule has 0 fully saturated rings. The summed E-state index contributed by atoms with van der Waals surface area (Å²) in [5.41, 5.74) is -0.502. The highest BCUT2D eigenvalue weighted by Gasteiger charge is 2.80. The molecule has 3 N–H and O–H groups in total. The highest BCUT2D eigenvalue weighted by Crippen LogP contribution is 2.70. The summed E-state index contributed by atoms with van der Waals surface area (Å²) in [5.74, 6) is 0. The van der Waals surface area contributed by atoms with Gasteiger partial charge in [0.05, 0.1) is 30.7 Å². The molecule has 0 saturated heterocycles. The summed E-state index contributed by atoms with van der Waals surface area (Å²) < 4.78 is -13.1. The first-order chi connectivity index (χ1) is 13.4. The molecule has 0 aliphatic carbocycles. The molecule has 0 heterocycles. The smallest absolute Gasteiger partial charge is 0.402 e. The molecular weight excluding hydrogens is 760 g/mol. The van der Waals surface area contributed by atoms with Gasteiger partial charge in [0.25, 0.3) is 4.46 Å². The molecule has 0 aromatic heterocycles. The van der Waals surface area contributed by atoms with Crippen molar-refractivity contribution in [1.82, 2.24) is 0 Å². The van der Waals surface area contributed by atoms with Gasteiger partial charge in [-0.25, -0.2) is 0 Å². The van der Waals surface area contributed by atoms with Crippen LogP contribution in [0.1, 0.15) is 5.56 Å². The molecule has 180 valence electrons. The van der Waals surface area contributed by atoms with Gasteiger partial charge >= 0.3 is 19.1 Å². The molecule has 0 radical (unpaired) electrons. The van der Waals surface area contributed by atoms with Crippen molar-refractivity contribution >= 4 is 193 Å². The fraction of sp³-hybridized carbons (Fsp3) is 0.400. The second-order valence-corrected chi connectivity index (χ2v) is 14.7. The first-order valence-corrected chi connectivity index (χ1v) is 12.5. The third-order valence-corrected chi connectivity index (χ3v) is 8.52.